The zero-order chi connectivity index (χ0) is 15.1. The lowest BCUT2D eigenvalue weighted by Gasteiger charge is -2.08. The molecule has 0 rings (SSSR count). The molecule has 20 heavy (non-hydrogen) atoms. The molecule has 120 valence electrons. The van der Waals surface area contributed by atoms with Gasteiger partial charge in [0.1, 0.15) is 4.83 Å². The van der Waals surface area contributed by atoms with Crippen LogP contribution in [0.5, 0.6) is 0 Å². The Morgan fingerprint density at radius 2 is 1.35 bits per heavy atom. The molecule has 0 fully saturated rings. The monoisotopic (exact) mass is 348 g/mol. The average Bonchev–Trinajstić information content (AvgIpc) is 2.44. The van der Waals surface area contributed by atoms with E-state index in [1.54, 1.807) is 0 Å². The van der Waals surface area contributed by atoms with Crippen LogP contribution in [-0.2, 0) is 9.53 Å². The number of alkyl halides is 1. The maximum absolute atomic E-state index is 11.5. The van der Waals surface area contributed by atoms with Crippen molar-refractivity contribution in [3.8, 4) is 0 Å². The summed E-state index contributed by atoms with van der Waals surface area (Å²) in [5, 5.41) is 0. The van der Waals surface area contributed by atoms with Crippen molar-refractivity contribution in [1.82, 2.24) is 0 Å². The third kappa shape index (κ3) is 13.0. The van der Waals surface area contributed by atoms with E-state index in [9.17, 15) is 4.79 Å². The summed E-state index contributed by atoms with van der Waals surface area (Å²) in [6, 6.07) is 0. The van der Waals surface area contributed by atoms with E-state index in [0.717, 1.165) is 19.3 Å². The molecule has 0 aromatic rings. The summed E-state index contributed by atoms with van der Waals surface area (Å²) in [6.07, 6.45) is 14.9. The van der Waals surface area contributed by atoms with Crippen molar-refractivity contribution in [2.75, 3.05) is 6.61 Å². The maximum Gasteiger partial charge on any atom is 0.319 e. The van der Waals surface area contributed by atoms with Crippen LogP contribution in [-0.4, -0.2) is 17.4 Å². The van der Waals surface area contributed by atoms with E-state index < -0.39 is 0 Å². The van der Waals surface area contributed by atoms with Gasteiger partial charge in [-0.05, 0) is 12.8 Å². The molecule has 1 atom stereocenters. The Kier molecular flexibility index (Phi) is 15.3. The Hall–Kier alpha value is -0.0500. The zero-order valence-corrected chi connectivity index (χ0v) is 15.1. The van der Waals surface area contributed by atoms with Gasteiger partial charge < -0.3 is 4.74 Å². The number of hydrogen-bond acceptors (Lipinski definition) is 2. The van der Waals surface area contributed by atoms with E-state index in [2.05, 4.69) is 29.8 Å². The fourth-order valence-corrected chi connectivity index (χ4v) is 2.81. The summed E-state index contributed by atoms with van der Waals surface area (Å²) in [6.45, 7) is 4.91. The van der Waals surface area contributed by atoms with Crippen molar-refractivity contribution in [2.24, 2.45) is 0 Å². The van der Waals surface area contributed by atoms with Crippen LogP contribution < -0.4 is 0 Å². The van der Waals surface area contributed by atoms with E-state index in [4.69, 9.17) is 4.74 Å². The van der Waals surface area contributed by atoms with E-state index in [-0.39, 0.29) is 10.8 Å². The third-order valence-electron chi connectivity index (χ3n) is 3.54. The van der Waals surface area contributed by atoms with Crippen LogP contribution in [0.2, 0.25) is 0 Å². The Labute approximate surface area is 134 Å². The molecule has 0 aliphatic heterocycles. The number of rotatable bonds is 14. The molecule has 1 unspecified atom stereocenters. The Morgan fingerprint density at radius 1 is 0.850 bits per heavy atom. The number of unbranched alkanes of at least 4 members (excludes halogenated alkanes) is 9. The molecule has 2 nitrogen and oxygen atoms in total. The van der Waals surface area contributed by atoms with Gasteiger partial charge in [0, 0.05) is 0 Å². The second kappa shape index (κ2) is 15.3. The van der Waals surface area contributed by atoms with Gasteiger partial charge in [-0.15, -0.1) is 0 Å². The molecule has 3 heteroatoms. The Morgan fingerprint density at radius 3 is 1.85 bits per heavy atom. The highest BCUT2D eigenvalue weighted by molar-refractivity contribution is 9.10. The summed E-state index contributed by atoms with van der Waals surface area (Å²) < 4.78 is 5.24. The van der Waals surface area contributed by atoms with Gasteiger partial charge in [-0.25, -0.2) is 0 Å². The molecular formula is C17H33BrO2. The molecule has 0 saturated carbocycles. The minimum atomic E-state index is -0.115. The van der Waals surface area contributed by atoms with E-state index in [0.29, 0.717) is 6.61 Å². The Bertz CT molecular complexity index is 219. The van der Waals surface area contributed by atoms with Crippen molar-refractivity contribution in [3.05, 3.63) is 0 Å². The molecule has 0 bridgehead atoms. The summed E-state index contributed by atoms with van der Waals surface area (Å²) in [4.78, 5) is 11.4. The number of carbonyl (C=O) groups excluding carboxylic acids is 1. The van der Waals surface area contributed by atoms with E-state index in [1.165, 1.54) is 57.8 Å². The summed E-state index contributed by atoms with van der Waals surface area (Å²) >= 11 is 3.36. The van der Waals surface area contributed by atoms with Gasteiger partial charge in [0.05, 0.1) is 6.61 Å². The lowest BCUT2D eigenvalue weighted by Crippen LogP contribution is -2.17. The molecule has 0 radical (unpaired) electrons. The molecule has 0 amide bonds. The van der Waals surface area contributed by atoms with Crippen LogP contribution in [0, 0.1) is 0 Å². The molecular weight excluding hydrogens is 316 g/mol. The maximum atomic E-state index is 11.5. The van der Waals surface area contributed by atoms with Gasteiger partial charge >= 0.3 is 5.97 Å². The van der Waals surface area contributed by atoms with Crippen molar-refractivity contribution < 1.29 is 9.53 Å². The smallest absolute Gasteiger partial charge is 0.319 e. The van der Waals surface area contributed by atoms with Crippen LogP contribution >= 0.6 is 15.9 Å². The predicted molar refractivity (Wildman–Crippen MR) is 90.4 cm³/mol. The fourth-order valence-electron chi connectivity index (χ4n) is 2.22. The first-order valence-electron chi connectivity index (χ1n) is 8.53. The van der Waals surface area contributed by atoms with Gasteiger partial charge in [-0.3, -0.25) is 4.79 Å². The fraction of sp³-hybridized carbons (Fsp3) is 0.941. The highest BCUT2D eigenvalue weighted by Crippen LogP contribution is 2.12. The van der Waals surface area contributed by atoms with Crippen molar-refractivity contribution in [1.29, 1.82) is 0 Å². The minimum absolute atomic E-state index is 0.0947. The van der Waals surface area contributed by atoms with Gasteiger partial charge in [-0.2, -0.15) is 0 Å². The highest BCUT2D eigenvalue weighted by Gasteiger charge is 2.14. The lowest BCUT2D eigenvalue weighted by atomic mass is 10.1. The van der Waals surface area contributed by atoms with Crippen molar-refractivity contribution >= 4 is 21.9 Å². The quantitative estimate of drug-likeness (QED) is 0.218. The van der Waals surface area contributed by atoms with Gasteiger partial charge in [0.15, 0.2) is 0 Å². The number of carbonyl (C=O) groups is 1. The minimum Gasteiger partial charge on any atom is -0.465 e. The molecule has 0 heterocycles. The molecule has 0 saturated heterocycles. The van der Waals surface area contributed by atoms with Crippen LogP contribution in [0.25, 0.3) is 0 Å². The summed E-state index contributed by atoms with van der Waals surface area (Å²) in [5.41, 5.74) is 0. The Balaban J connectivity index is 3.18. The van der Waals surface area contributed by atoms with Crippen LogP contribution in [0.3, 0.4) is 0 Å². The van der Waals surface area contributed by atoms with Gasteiger partial charge in [-0.1, -0.05) is 94.0 Å². The summed E-state index contributed by atoms with van der Waals surface area (Å²) in [5.74, 6) is -0.0947. The number of esters is 1. The topological polar surface area (TPSA) is 26.3 Å². The van der Waals surface area contributed by atoms with Gasteiger partial charge in [0.2, 0.25) is 0 Å². The second-order valence-electron chi connectivity index (χ2n) is 5.61. The van der Waals surface area contributed by atoms with Crippen molar-refractivity contribution in [3.63, 3.8) is 0 Å². The molecule has 0 aliphatic rings. The van der Waals surface area contributed by atoms with Gasteiger partial charge in [0.25, 0.3) is 0 Å². The first kappa shape index (κ1) is 19.9. The van der Waals surface area contributed by atoms with Crippen molar-refractivity contribution in [2.45, 2.75) is 95.7 Å². The summed E-state index contributed by atoms with van der Waals surface area (Å²) in [7, 11) is 0. The molecule has 0 aromatic carbocycles. The lowest BCUT2D eigenvalue weighted by molar-refractivity contribution is -0.143. The van der Waals surface area contributed by atoms with Crippen LogP contribution in [0.1, 0.15) is 90.9 Å². The predicted octanol–water partition coefficient (Wildman–Crippen LogP) is 6.01. The first-order valence-corrected chi connectivity index (χ1v) is 9.44. The SMILES string of the molecule is CCCCCCCCCCCCOC(=O)C(Br)CCC. The average molecular weight is 349 g/mol. The van der Waals surface area contributed by atoms with Crippen LogP contribution in [0.15, 0.2) is 0 Å². The normalized spacial score (nSPS) is 12.3. The van der Waals surface area contributed by atoms with E-state index in [1.807, 2.05) is 0 Å². The van der Waals surface area contributed by atoms with E-state index >= 15 is 0 Å². The first-order chi connectivity index (χ1) is 9.72. The van der Waals surface area contributed by atoms with Crippen LogP contribution in [0.4, 0.5) is 0 Å². The second-order valence-corrected chi connectivity index (χ2v) is 6.71. The molecule has 0 aliphatic carbocycles. The number of ether oxygens (including phenoxy) is 1. The standard InChI is InChI=1S/C17H33BrO2/c1-3-5-6-7-8-9-10-11-12-13-15-20-17(19)16(18)14-4-2/h16H,3-15H2,1-2H3. The largest absolute Gasteiger partial charge is 0.465 e. The highest BCUT2D eigenvalue weighted by atomic mass is 79.9. The zero-order valence-electron chi connectivity index (χ0n) is 13.5. The molecule has 0 N–H and O–H groups in total. The number of halogens is 1. The molecule has 0 aromatic heterocycles. The molecule has 0 spiro atoms. The number of hydrogen-bond donors (Lipinski definition) is 0. The third-order valence-corrected chi connectivity index (χ3v) is 4.37.